The predicted molar refractivity (Wildman–Crippen MR) is 101 cm³/mol. The lowest BCUT2D eigenvalue weighted by Crippen LogP contribution is -2.25. The van der Waals surface area contributed by atoms with Crippen LogP contribution < -0.4 is 10.6 Å². The minimum Gasteiger partial charge on any atom is -0.481 e. The van der Waals surface area contributed by atoms with Gasteiger partial charge in [-0.1, -0.05) is 6.92 Å². The van der Waals surface area contributed by atoms with Crippen LogP contribution in [-0.4, -0.2) is 22.9 Å². The van der Waals surface area contributed by atoms with Crippen molar-refractivity contribution in [3.05, 3.63) is 40.2 Å². The summed E-state index contributed by atoms with van der Waals surface area (Å²) in [7, 11) is 0. The van der Waals surface area contributed by atoms with Crippen LogP contribution in [0.2, 0.25) is 0 Å². The molecule has 0 saturated heterocycles. The largest absolute Gasteiger partial charge is 0.481 e. The van der Waals surface area contributed by atoms with E-state index in [1.807, 2.05) is 0 Å². The number of thiophene rings is 1. The number of furan rings is 1. The molecule has 8 heteroatoms. The van der Waals surface area contributed by atoms with Gasteiger partial charge in [0.2, 0.25) is 5.91 Å². The quantitative estimate of drug-likeness (QED) is 0.673. The number of carbonyl (C=O) groups excluding carboxylic acids is 2. The molecule has 3 rings (SSSR count). The average Bonchev–Trinajstić information content (AvgIpc) is 3.24. The highest BCUT2D eigenvalue weighted by Gasteiger charge is 2.28. The van der Waals surface area contributed by atoms with Crippen LogP contribution in [-0.2, 0) is 29.0 Å². The zero-order chi connectivity index (χ0) is 19.4. The molecule has 3 N–H and O–H groups in total. The fourth-order valence-corrected chi connectivity index (χ4v) is 4.58. The third kappa shape index (κ3) is 4.77. The summed E-state index contributed by atoms with van der Waals surface area (Å²) in [5.74, 6) is -0.504. The number of carboxylic acid groups (broad SMARTS) is 1. The van der Waals surface area contributed by atoms with E-state index in [-0.39, 0.29) is 25.3 Å². The molecule has 0 fully saturated rings. The summed E-state index contributed by atoms with van der Waals surface area (Å²) < 4.78 is 5.24. The highest BCUT2D eigenvalue weighted by Crippen LogP contribution is 2.39. The highest BCUT2D eigenvalue weighted by atomic mass is 32.1. The van der Waals surface area contributed by atoms with E-state index in [0.29, 0.717) is 22.2 Å². The molecular formula is C19H22N2O5S. The summed E-state index contributed by atoms with van der Waals surface area (Å²) in [6, 6.07) is 3.53. The summed E-state index contributed by atoms with van der Waals surface area (Å²) in [6.45, 7) is 2.43. The Labute approximate surface area is 160 Å². The van der Waals surface area contributed by atoms with Crippen LogP contribution in [0.1, 0.15) is 52.7 Å². The normalized spacial score (nSPS) is 15.8. The van der Waals surface area contributed by atoms with E-state index < -0.39 is 11.9 Å². The molecule has 144 valence electrons. The van der Waals surface area contributed by atoms with Crippen molar-refractivity contribution in [1.82, 2.24) is 5.32 Å². The third-order valence-corrected chi connectivity index (χ3v) is 5.73. The number of aliphatic carboxylic acids is 1. The van der Waals surface area contributed by atoms with Gasteiger partial charge in [0.25, 0.3) is 5.91 Å². The van der Waals surface area contributed by atoms with Crippen molar-refractivity contribution in [2.45, 2.75) is 45.6 Å². The summed E-state index contributed by atoms with van der Waals surface area (Å²) in [6.07, 6.45) is 3.85. The number of hydrogen-bond acceptors (Lipinski definition) is 5. The summed E-state index contributed by atoms with van der Waals surface area (Å²) >= 11 is 1.42. The molecule has 27 heavy (non-hydrogen) atoms. The van der Waals surface area contributed by atoms with Gasteiger partial charge in [0.1, 0.15) is 10.8 Å². The first-order chi connectivity index (χ1) is 12.9. The SMILES string of the molecule is C[C@@H]1CCc2c(sc(NC(=O)CCC(=O)O)c2C(=O)NCc2ccco2)C1. The maximum atomic E-state index is 12.8. The molecular weight excluding hydrogens is 368 g/mol. The van der Waals surface area contributed by atoms with Crippen molar-refractivity contribution in [1.29, 1.82) is 0 Å². The lowest BCUT2D eigenvalue weighted by atomic mass is 9.88. The molecule has 7 nitrogen and oxygen atoms in total. The minimum absolute atomic E-state index is 0.123. The molecule has 0 unspecified atom stereocenters. The van der Waals surface area contributed by atoms with E-state index >= 15 is 0 Å². The van der Waals surface area contributed by atoms with Crippen molar-refractivity contribution >= 4 is 34.1 Å². The highest BCUT2D eigenvalue weighted by molar-refractivity contribution is 7.17. The first-order valence-electron chi connectivity index (χ1n) is 8.90. The van der Waals surface area contributed by atoms with E-state index in [1.165, 1.54) is 11.3 Å². The van der Waals surface area contributed by atoms with Crippen LogP contribution in [0.25, 0.3) is 0 Å². The standard InChI is InChI=1S/C19H22N2O5S/c1-11-4-5-13-14(9-11)27-19(21-15(22)6-7-16(23)24)17(13)18(25)20-10-12-3-2-8-26-12/h2-3,8,11H,4-7,9-10H2,1H3,(H,20,25)(H,21,22)(H,23,24)/t11-/m1/s1. The Kier molecular flexibility index (Phi) is 5.95. The molecule has 0 aliphatic heterocycles. The molecule has 1 aliphatic carbocycles. The van der Waals surface area contributed by atoms with E-state index in [1.54, 1.807) is 18.4 Å². The van der Waals surface area contributed by atoms with Crippen molar-refractivity contribution in [3.63, 3.8) is 0 Å². The van der Waals surface area contributed by atoms with Crippen LogP contribution in [0.3, 0.4) is 0 Å². The fraction of sp³-hybridized carbons (Fsp3) is 0.421. The van der Waals surface area contributed by atoms with Crippen molar-refractivity contribution in [3.8, 4) is 0 Å². The Morgan fingerprint density at radius 2 is 2.15 bits per heavy atom. The smallest absolute Gasteiger partial charge is 0.303 e. The number of amides is 2. The zero-order valence-electron chi connectivity index (χ0n) is 15.0. The lowest BCUT2D eigenvalue weighted by Gasteiger charge is -2.18. The van der Waals surface area contributed by atoms with Crippen LogP contribution in [0.5, 0.6) is 0 Å². The number of carboxylic acids is 1. The number of nitrogens with one attached hydrogen (secondary N) is 2. The molecule has 0 aromatic carbocycles. The van der Waals surface area contributed by atoms with Gasteiger partial charge in [-0.2, -0.15) is 0 Å². The predicted octanol–water partition coefficient (Wildman–Crippen LogP) is 3.20. The second-order valence-corrected chi connectivity index (χ2v) is 7.87. The Hall–Kier alpha value is -2.61. The Balaban J connectivity index is 1.80. The van der Waals surface area contributed by atoms with Gasteiger partial charge in [-0.3, -0.25) is 14.4 Å². The van der Waals surface area contributed by atoms with Gasteiger partial charge in [-0.05, 0) is 42.9 Å². The number of fused-ring (bicyclic) bond motifs is 1. The van der Waals surface area contributed by atoms with Gasteiger partial charge in [-0.25, -0.2) is 0 Å². The second-order valence-electron chi connectivity index (χ2n) is 6.76. The van der Waals surface area contributed by atoms with Gasteiger partial charge in [0.05, 0.1) is 24.8 Å². The van der Waals surface area contributed by atoms with Crippen molar-refractivity contribution < 1.29 is 23.9 Å². The third-order valence-electron chi connectivity index (χ3n) is 4.56. The summed E-state index contributed by atoms with van der Waals surface area (Å²) in [5.41, 5.74) is 1.49. The first kappa shape index (κ1) is 19.2. The molecule has 0 bridgehead atoms. The zero-order valence-corrected chi connectivity index (χ0v) is 15.9. The van der Waals surface area contributed by atoms with Crippen molar-refractivity contribution in [2.24, 2.45) is 5.92 Å². The maximum absolute atomic E-state index is 12.8. The molecule has 1 atom stereocenters. The molecule has 2 aromatic heterocycles. The topological polar surface area (TPSA) is 109 Å². The van der Waals surface area contributed by atoms with E-state index in [2.05, 4.69) is 17.6 Å². The van der Waals surface area contributed by atoms with E-state index in [4.69, 9.17) is 9.52 Å². The molecule has 2 amide bonds. The first-order valence-corrected chi connectivity index (χ1v) is 9.72. The molecule has 0 saturated carbocycles. The van der Waals surface area contributed by atoms with Crippen LogP contribution >= 0.6 is 11.3 Å². The van der Waals surface area contributed by atoms with Crippen LogP contribution in [0, 0.1) is 5.92 Å². The number of rotatable bonds is 7. The van der Waals surface area contributed by atoms with E-state index in [9.17, 15) is 14.4 Å². The Bertz CT molecular complexity index is 841. The van der Waals surface area contributed by atoms with Gasteiger partial charge >= 0.3 is 5.97 Å². The van der Waals surface area contributed by atoms with Gasteiger partial charge in [-0.15, -0.1) is 11.3 Å². The number of carbonyl (C=O) groups is 3. The van der Waals surface area contributed by atoms with Gasteiger partial charge in [0, 0.05) is 11.3 Å². The molecule has 1 aliphatic rings. The summed E-state index contributed by atoms with van der Waals surface area (Å²) in [5, 5.41) is 14.8. The maximum Gasteiger partial charge on any atom is 0.303 e. The van der Waals surface area contributed by atoms with Crippen LogP contribution in [0.15, 0.2) is 22.8 Å². The second kappa shape index (κ2) is 8.39. The Morgan fingerprint density at radius 3 is 2.85 bits per heavy atom. The van der Waals surface area contributed by atoms with Gasteiger partial charge < -0.3 is 20.2 Å². The summed E-state index contributed by atoms with van der Waals surface area (Å²) in [4.78, 5) is 36.7. The molecule has 0 spiro atoms. The lowest BCUT2D eigenvalue weighted by molar-refractivity contribution is -0.138. The average molecular weight is 390 g/mol. The minimum atomic E-state index is -1.03. The fourth-order valence-electron chi connectivity index (χ4n) is 3.16. The van der Waals surface area contributed by atoms with E-state index in [0.717, 1.165) is 29.7 Å². The molecule has 2 heterocycles. The van der Waals surface area contributed by atoms with Crippen molar-refractivity contribution in [2.75, 3.05) is 5.32 Å². The molecule has 0 radical (unpaired) electrons. The number of hydrogen-bond donors (Lipinski definition) is 3. The Morgan fingerprint density at radius 1 is 1.33 bits per heavy atom. The number of anilines is 1. The monoisotopic (exact) mass is 390 g/mol. The van der Waals surface area contributed by atoms with Crippen LogP contribution in [0.4, 0.5) is 5.00 Å². The van der Waals surface area contributed by atoms with Gasteiger partial charge in [0.15, 0.2) is 0 Å². The molecule has 2 aromatic rings.